The molecule has 2 nitrogen and oxygen atoms in total. The van der Waals surface area contributed by atoms with Crippen molar-refractivity contribution in [1.29, 1.82) is 0 Å². The van der Waals surface area contributed by atoms with Gasteiger partial charge in [0.2, 0.25) is 0 Å². The molecule has 1 unspecified atom stereocenters. The maximum atomic E-state index is 6.22. The fourth-order valence-electron chi connectivity index (χ4n) is 1.46. The molecule has 0 aliphatic rings. The Hall–Kier alpha value is -0.0900. The van der Waals surface area contributed by atoms with E-state index in [9.17, 15) is 0 Å². The first kappa shape index (κ1) is 13.0. The van der Waals surface area contributed by atoms with Gasteiger partial charge in [-0.3, -0.25) is 0 Å². The van der Waals surface area contributed by atoms with Crippen molar-refractivity contribution in [2.45, 2.75) is 13.0 Å². The van der Waals surface area contributed by atoms with Gasteiger partial charge in [0, 0.05) is 11.6 Å². The van der Waals surface area contributed by atoms with Crippen LogP contribution in [0.15, 0.2) is 22.7 Å². The van der Waals surface area contributed by atoms with Crippen LogP contribution in [-0.4, -0.2) is 20.3 Å². The number of likely N-dealkylation sites (N-methyl/N-ethyl adjacent to an activating group) is 1. The predicted molar refractivity (Wildman–Crippen MR) is 67.4 cm³/mol. The molecule has 1 aromatic rings. The Balaban J connectivity index is 2.94. The molecule has 1 atom stereocenters. The lowest BCUT2D eigenvalue weighted by Gasteiger charge is -2.19. The number of halogens is 2. The lowest BCUT2D eigenvalue weighted by atomic mass is 10.1. The number of hydrogen-bond acceptors (Lipinski definition) is 2. The van der Waals surface area contributed by atoms with Gasteiger partial charge in [-0.15, -0.1) is 0 Å². The van der Waals surface area contributed by atoms with Crippen molar-refractivity contribution in [2.24, 2.45) is 0 Å². The minimum absolute atomic E-state index is 0.144. The van der Waals surface area contributed by atoms with Crippen LogP contribution in [0.1, 0.15) is 18.5 Å². The molecule has 4 heteroatoms. The summed E-state index contributed by atoms with van der Waals surface area (Å²) in [5.41, 5.74) is 1.06. The van der Waals surface area contributed by atoms with Crippen LogP contribution in [0.2, 0.25) is 5.02 Å². The third-order valence-electron chi connectivity index (χ3n) is 2.14. The number of ether oxygens (including phenoxy) is 1. The minimum atomic E-state index is 0.144. The van der Waals surface area contributed by atoms with E-state index in [-0.39, 0.29) is 6.04 Å². The van der Waals surface area contributed by atoms with Gasteiger partial charge in [-0.1, -0.05) is 30.7 Å². The highest BCUT2D eigenvalue weighted by molar-refractivity contribution is 9.10. The summed E-state index contributed by atoms with van der Waals surface area (Å²) >= 11 is 9.63. The molecule has 1 aromatic carbocycles. The molecule has 0 heterocycles. The molecule has 1 rings (SSSR count). The molecule has 0 amide bonds. The lowest BCUT2D eigenvalue weighted by Crippen LogP contribution is -2.25. The first-order valence-electron chi connectivity index (χ1n) is 4.87. The summed E-state index contributed by atoms with van der Waals surface area (Å²) in [5.74, 6) is 0. The van der Waals surface area contributed by atoms with Gasteiger partial charge < -0.3 is 10.1 Å². The first-order valence-corrected chi connectivity index (χ1v) is 6.04. The number of nitrogens with one attached hydrogen (secondary N) is 1. The van der Waals surface area contributed by atoms with Gasteiger partial charge in [0.05, 0.1) is 17.7 Å². The zero-order valence-corrected chi connectivity index (χ0v) is 11.2. The highest BCUT2D eigenvalue weighted by atomic mass is 79.9. The smallest absolute Gasteiger partial charge is 0.0658 e. The Morgan fingerprint density at radius 1 is 1.53 bits per heavy atom. The van der Waals surface area contributed by atoms with Gasteiger partial charge in [-0.25, -0.2) is 0 Å². The average molecular weight is 293 g/mol. The molecule has 0 aliphatic carbocycles. The topological polar surface area (TPSA) is 21.3 Å². The summed E-state index contributed by atoms with van der Waals surface area (Å²) in [4.78, 5) is 0. The first-order chi connectivity index (χ1) is 7.20. The van der Waals surface area contributed by atoms with Gasteiger partial charge in [-0.05, 0) is 34.1 Å². The van der Waals surface area contributed by atoms with E-state index in [0.29, 0.717) is 6.61 Å². The van der Waals surface area contributed by atoms with E-state index < -0.39 is 0 Å². The van der Waals surface area contributed by atoms with Crippen LogP contribution in [0, 0.1) is 0 Å². The third kappa shape index (κ3) is 3.45. The second kappa shape index (κ2) is 6.48. The standard InChI is InChI=1S/C11H15BrClNO/c1-3-14-10(7-15-2)8-5-4-6-9(12)11(8)13/h4-6,10,14H,3,7H2,1-2H3. The number of methoxy groups -OCH3 is 1. The molecule has 0 spiro atoms. The Bertz CT molecular complexity index is 313. The summed E-state index contributed by atoms with van der Waals surface area (Å²) in [6.07, 6.45) is 0. The van der Waals surface area contributed by atoms with Gasteiger partial charge in [0.1, 0.15) is 0 Å². The van der Waals surface area contributed by atoms with E-state index in [1.54, 1.807) is 7.11 Å². The highest BCUT2D eigenvalue weighted by Crippen LogP contribution is 2.30. The molecular weight excluding hydrogens is 277 g/mol. The third-order valence-corrected chi connectivity index (χ3v) is 3.45. The Morgan fingerprint density at radius 2 is 2.27 bits per heavy atom. The van der Waals surface area contributed by atoms with Crippen molar-refractivity contribution in [3.63, 3.8) is 0 Å². The van der Waals surface area contributed by atoms with Gasteiger partial charge in [-0.2, -0.15) is 0 Å². The van der Waals surface area contributed by atoms with E-state index in [2.05, 4.69) is 28.2 Å². The molecule has 0 aromatic heterocycles. The lowest BCUT2D eigenvalue weighted by molar-refractivity contribution is 0.168. The molecule has 15 heavy (non-hydrogen) atoms. The van der Waals surface area contributed by atoms with Crippen LogP contribution < -0.4 is 5.32 Å². The van der Waals surface area contributed by atoms with E-state index in [1.807, 2.05) is 18.2 Å². The Kier molecular flexibility index (Phi) is 5.61. The van der Waals surface area contributed by atoms with Crippen LogP contribution in [0.25, 0.3) is 0 Å². The Morgan fingerprint density at radius 3 is 2.87 bits per heavy atom. The monoisotopic (exact) mass is 291 g/mol. The van der Waals surface area contributed by atoms with Crippen LogP contribution in [-0.2, 0) is 4.74 Å². The van der Waals surface area contributed by atoms with Crippen LogP contribution in [0.3, 0.4) is 0 Å². The number of hydrogen-bond donors (Lipinski definition) is 1. The summed E-state index contributed by atoms with van der Waals surface area (Å²) in [6.45, 7) is 3.56. The molecule has 0 bridgehead atoms. The van der Waals surface area contributed by atoms with Crippen molar-refractivity contribution in [3.8, 4) is 0 Å². The Labute approximate surface area is 104 Å². The van der Waals surface area contributed by atoms with Crippen molar-refractivity contribution in [2.75, 3.05) is 20.3 Å². The molecule has 1 N–H and O–H groups in total. The van der Waals surface area contributed by atoms with E-state index in [0.717, 1.165) is 21.6 Å². The van der Waals surface area contributed by atoms with Crippen LogP contribution in [0.4, 0.5) is 0 Å². The second-order valence-electron chi connectivity index (χ2n) is 3.21. The molecule has 0 fully saturated rings. The zero-order valence-electron chi connectivity index (χ0n) is 8.89. The van der Waals surface area contributed by atoms with Gasteiger partial charge in [0.25, 0.3) is 0 Å². The molecule has 0 saturated heterocycles. The molecule has 0 radical (unpaired) electrons. The summed E-state index contributed by atoms with van der Waals surface area (Å²) in [5, 5.41) is 4.09. The quantitative estimate of drug-likeness (QED) is 0.898. The highest BCUT2D eigenvalue weighted by Gasteiger charge is 2.14. The van der Waals surface area contributed by atoms with Crippen molar-refractivity contribution >= 4 is 27.5 Å². The number of rotatable bonds is 5. The van der Waals surface area contributed by atoms with Gasteiger partial charge >= 0.3 is 0 Å². The van der Waals surface area contributed by atoms with Crippen molar-refractivity contribution < 1.29 is 4.74 Å². The predicted octanol–water partition coefficient (Wildman–Crippen LogP) is 3.40. The largest absolute Gasteiger partial charge is 0.383 e. The SMILES string of the molecule is CCNC(COC)c1cccc(Br)c1Cl. The molecule has 0 saturated carbocycles. The fourth-order valence-corrected chi connectivity index (χ4v) is 2.10. The maximum absolute atomic E-state index is 6.22. The second-order valence-corrected chi connectivity index (χ2v) is 4.44. The van der Waals surface area contributed by atoms with Crippen molar-refractivity contribution in [1.82, 2.24) is 5.32 Å². The molecular formula is C11H15BrClNO. The summed E-state index contributed by atoms with van der Waals surface area (Å²) in [6, 6.07) is 6.07. The summed E-state index contributed by atoms with van der Waals surface area (Å²) in [7, 11) is 1.69. The normalized spacial score (nSPS) is 12.8. The zero-order chi connectivity index (χ0) is 11.3. The van der Waals surface area contributed by atoms with Gasteiger partial charge in [0.15, 0.2) is 0 Å². The maximum Gasteiger partial charge on any atom is 0.0658 e. The molecule has 0 aliphatic heterocycles. The number of benzene rings is 1. The van der Waals surface area contributed by atoms with E-state index in [1.165, 1.54) is 0 Å². The van der Waals surface area contributed by atoms with Crippen LogP contribution >= 0.6 is 27.5 Å². The van der Waals surface area contributed by atoms with E-state index >= 15 is 0 Å². The van der Waals surface area contributed by atoms with Crippen molar-refractivity contribution in [3.05, 3.63) is 33.3 Å². The molecule has 84 valence electrons. The van der Waals surface area contributed by atoms with Crippen LogP contribution in [0.5, 0.6) is 0 Å². The fraction of sp³-hybridized carbons (Fsp3) is 0.455. The average Bonchev–Trinajstić information content (AvgIpc) is 2.22. The van der Waals surface area contributed by atoms with E-state index in [4.69, 9.17) is 16.3 Å². The minimum Gasteiger partial charge on any atom is -0.383 e. The summed E-state index contributed by atoms with van der Waals surface area (Å²) < 4.78 is 6.09.